The summed E-state index contributed by atoms with van der Waals surface area (Å²) in [6, 6.07) is 23.5. The second-order valence-corrected chi connectivity index (χ2v) is 20.0. The molecule has 1 saturated heterocycles. The third kappa shape index (κ3) is 12.6. The van der Waals surface area contributed by atoms with Gasteiger partial charge in [-0.25, -0.2) is 28.7 Å². The number of benzene rings is 2. The summed E-state index contributed by atoms with van der Waals surface area (Å²) < 4.78 is 105. The molecule has 0 saturated carbocycles. The van der Waals surface area contributed by atoms with Crippen LogP contribution in [0.4, 0.5) is 38.2 Å². The number of nitrogens with two attached hydrogens (primary N) is 2. The number of ether oxygens (including phenoxy) is 2. The Morgan fingerprint density at radius 2 is 1.04 bits per heavy atom. The highest BCUT2D eigenvalue weighted by molar-refractivity contribution is 9.10. The molecule has 0 atom stereocenters. The van der Waals surface area contributed by atoms with Gasteiger partial charge in [0.1, 0.15) is 23.1 Å². The monoisotopic (exact) mass is 1190 g/mol. The quantitative estimate of drug-likeness (QED) is 0.0869. The van der Waals surface area contributed by atoms with E-state index in [0.29, 0.717) is 49.4 Å². The maximum absolute atomic E-state index is 13.6. The summed E-state index contributed by atoms with van der Waals surface area (Å²) >= 11 is 3.44. The van der Waals surface area contributed by atoms with E-state index in [1.807, 2.05) is 27.7 Å². The van der Waals surface area contributed by atoms with Crippen molar-refractivity contribution in [1.29, 1.82) is 0 Å². The highest BCUT2D eigenvalue weighted by atomic mass is 79.9. The van der Waals surface area contributed by atoms with Gasteiger partial charge in [-0.05, 0) is 128 Å². The molecule has 0 radical (unpaired) electrons. The van der Waals surface area contributed by atoms with E-state index in [2.05, 4.69) is 65.5 Å². The van der Waals surface area contributed by atoms with Gasteiger partial charge in [-0.15, -0.1) is 10.2 Å². The van der Waals surface area contributed by atoms with Crippen molar-refractivity contribution < 1.29 is 45.1 Å². The molecule has 1 fully saturated rings. The van der Waals surface area contributed by atoms with Gasteiger partial charge in [-0.3, -0.25) is 19.6 Å². The van der Waals surface area contributed by atoms with E-state index in [0.717, 1.165) is 5.46 Å². The van der Waals surface area contributed by atoms with Crippen molar-refractivity contribution in [2.75, 3.05) is 11.5 Å². The lowest BCUT2D eigenvalue weighted by Gasteiger charge is -2.32. The number of alkyl halides is 4. The van der Waals surface area contributed by atoms with Crippen LogP contribution in [0, 0.1) is 11.6 Å². The number of rotatable bonds is 12. The molecule has 0 amide bonds. The first-order valence-corrected chi connectivity index (χ1v) is 25.5. The largest absolute Gasteiger partial charge is 0.496 e. The molecule has 0 unspecified atom stereocenters. The van der Waals surface area contributed by atoms with E-state index in [9.17, 15) is 35.9 Å². The Morgan fingerprint density at radius 1 is 0.598 bits per heavy atom. The Morgan fingerprint density at radius 3 is 1.52 bits per heavy atom. The van der Waals surface area contributed by atoms with Gasteiger partial charge in [0, 0.05) is 67.7 Å². The predicted molar refractivity (Wildman–Crippen MR) is 294 cm³/mol. The molecular formula is C54H48BBrF6N14O6. The van der Waals surface area contributed by atoms with Gasteiger partial charge < -0.3 is 39.4 Å². The number of nitrogen functional groups attached to an aromatic ring is 2. The minimum absolute atomic E-state index is 0.00159. The normalized spacial score (nSPS) is 13.5. The molecule has 20 nitrogen and oxygen atoms in total. The smallest absolute Gasteiger partial charge is 0.433 e. The van der Waals surface area contributed by atoms with E-state index in [-0.39, 0.29) is 87.4 Å². The summed E-state index contributed by atoms with van der Waals surface area (Å²) in [7, 11) is 2.91. The lowest BCUT2D eigenvalue weighted by Crippen LogP contribution is -2.41. The minimum Gasteiger partial charge on any atom is -0.433 e. The number of nitrogens with zero attached hydrogens (tertiary/aromatic N) is 12. The van der Waals surface area contributed by atoms with E-state index in [4.69, 9.17) is 20.8 Å². The zero-order valence-corrected chi connectivity index (χ0v) is 45.9. The topological polar surface area (TPSA) is 245 Å². The average molecular weight is 1190 g/mol. The summed E-state index contributed by atoms with van der Waals surface area (Å²) in [4.78, 5) is 49.4. The van der Waals surface area contributed by atoms with Crippen molar-refractivity contribution in [2.45, 2.75) is 65.0 Å². The average Bonchev–Trinajstić information content (AvgIpc) is 2.88. The predicted octanol–water partition coefficient (Wildman–Crippen LogP) is 8.01. The fraction of sp³-hybridized carbons (Fsp3) is 0.222. The van der Waals surface area contributed by atoms with E-state index in [1.165, 1.54) is 91.2 Å². The second-order valence-electron chi connectivity index (χ2n) is 19.2. The molecule has 10 aromatic rings. The van der Waals surface area contributed by atoms with Crippen LogP contribution in [0.1, 0.15) is 50.7 Å². The van der Waals surface area contributed by atoms with Crippen LogP contribution in [0.15, 0.2) is 136 Å². The number of halogens is 7. The lowest BCUT2D eigenvalue weighted by molar-refractivity contribution is -0.0513. The Hall–Kier alpha value is -9.02. The van der Waals surface area contributed by atoms with Crippen molar-refractivity contribution >= 4 is 51.7 Å². The summed E-state index contributed by atoms with van der Waals surface area (Å²) in [5.74, 6) is -0.370. The summed E-state index contributed by atoms with van der Waals surface area (Å²) in [5, 5.41) is 8.69. The Labute approximate surface area is 470 Å². The summed E-state index contributed by atoms with van der Waals surface area (Å²) in [5.41, 5.74) is 16.4. The Bertz CT molecular complexity index is 4080. The number of anilines is 2. The van der Waals surface area contributed by atoms with Crippen LogP contribution in [0.25, 0.3) is 44.9 Å². The summed E-state index contributed by atoms with van der Waals surface area (Å²) in [6.07, 6.45) is 6.30. The number of pyridine rings is 4. The summed E-state index contributed by atoms with van der Waals surface area (Å²) in [6.45, 7) is 2.05. The third-order valence-electron chi connectivity index (χ3n) is 13.1. The molecule has 0 spiro atoms. The second kappa shape index (κ2) is 23.6. The lowest BCUT2D eigenvalue weighted by atomic mass is 9.80. The maximum Gasteiger partial charge on any atom is 0.496 e. The first-order valence-electron chi connectivity index (χ1n) is 24.7. The number of hydrogen-bond acceptors (Lipinski definition) is 16. The van der Waals surface area contributed by atoms with Crippen LogP contribution in [-0.2, 0) is 36.2 Å². The van der Waals surface area contributed by atoms with E-state index in [1.54, 1.807) is 62.9 Å². The number of aryl methyl sites for hydroxylation is 2. The number of hydrogen-bond donors (Lipinski definition) is 2. The van der Waals surface area contributed by atoms with Gasteiger partial charge in [0.2, 0.25) is 23.0 Å². The third-order valence-corrected chi connectivity index (χ3v) is 13.8. The van der Waals surface area contributed by atoms with Crippen LogP contribution in [0.3, 0.4) is 0 Å². The molecule has 2 aromatic carbocycles. The molecule has 28 heteroatoms. The molecular weight excluding hydrogens is 1150 g/mol. The van der Waals surface area contributed by atoms with E-state index >= 15 is 0 Å². The molecule has 82 heavy (non-hydrogen) atoms. The fourth-order valence-corrected chi connectivity index (χ4v) is 8.87. The van der Waals surface area contributed by atoms with Gasteiger partial charge in [-0.1, -0.05) is 6.07 Å². The fourth-order valence-electron chi connectivity index (χ4n) is 8.30. The SMILES string of the molecule is Cn1cc(-c2c(-c3ccc(F)cc3)nc(N)n3nc(Cc4ncccc4OC(F)F)nc23)ccc1=O.Cn1cc(B2OC(C)(C)C(C)(C)O2)ccc1=O.Nc1nc(-c2ccc(F)cc2)c(Br)c2nc(Cc3ncccc3OC(F)F)nn12. The zero-order valence-electron chi connectivity index (χ0n) is 44.3. The zero-order chi connectivity index (χ0) is 58.8. The molecule has 1 aliphatic heterocycles. The van der Waals surface area contributed by atoms with Gasteiger partial charge in [0.05, 0.1) is 56.9 Å². The van der Waals surface area contributed by atoms with Crippen molar-refractivity contribution in [3.8, 4) is 45.1 Å². The van der Waals surface area contributed by atoms with Crippen LogP contribution in [-0.4, -0.2) is 89.8 Å². The standard InChI is InChI=1S/C24H18F3N7O2.C18H12BrF3N6O.C12H18BNO3/c1-33-12-14(6-9-19(33)35)20-21(13-4-7-15(25)8-5-13)31-24(28)34-22(20)30-18(32-34)11-16-17(36-23(26)27)3-2-10-29-16;19-14-15(9-3-5-10(20)6-4-9)26-18(23)28-16(14)25-13(27-28)8-11-12(29-17(21)22)2-1-7-24-11;1-11(2)12(3,4)17-13(16-11)9-6-7-10(15)14(5)8-9/h2-10,12,23H,11H2,1H3,(H2,28,31);1-7,17H,8H2,(H2,23,26);6-8H,1-5H3. The highest BCUT2D eigenvalue weighted by Gasteiger charge is 2.51. The molecule has 0 aliphatic carbocycles. The first kappa shape index (κ1) is 57.7. The number of fused-ring (bicyclic) bond motifs is 2. The Kier molecular flexibility index (Phi) is 16.6. The van der Waals surface area contributed by atoms with Crippen LogP contribution in [0.5, 0.6) is 11.5 Å². The van der Waals surface area contributed by atoms with Crippen molar-refractivity contribution in [2.24, 2.45) is 14.1 Å². The van der Waals surface area contributed by atoms with Crippen molar-refractivity contribution in [1.82, 2.24) is 58.3 Å². The van der Waals surface area contributed by atoms with Crippen LogP contribution >= 0.6 is 15.9 Å². The first-order chi connectivity index (χ1) is 38.9. The van der Waals surface area contributed by atoms with Crippen molar-refractivity contribution in [3.63, 3.8) is 0 Å². The van der Waals surface area contributed by atoms with Crippen molar-refractivity contribution in [3.05, 3.63) is 182 Å². The number of aromatic nitrogens is 12. The molecule has 4 N–H and O–H groups in total. The molecule has 8 aromatic heterocycles. The van der Waals surface area contributed by atoms with Crippen LogP contribution < -0.4 is 37.5 Å². The molecule has 0 bridgehead atoms. The van der Waals surface area contributed by atoms with Gasteiger partial charge in [-0.2, -0.15) is 26.6 Å². The van der Waals surface area contributed by atoms with E-state index < -0.39 is 26.2 Å². The molecule has 1 aliphatic rings. The van der Waals surface area contributed by atoms with Crippen LogP contribution in [0.2, 0.25) is 0 Å². The Balaban J connectivity index is 0.000000158. The van der Waals surface area contributed by atoms with Gasteiger partial charge in [0.15, 0.2) is 22.9 Å². The van der Waals surface area contributed by atoms with Gasteiger partial charge >= 0.3 is 20.3 Å². The highest BCUT2D eigenvalue weighted by Crippen LogP contribution is 2.38. The minimum atomic E-state index is -3.02. The molecule has 9 heterocycles. The molecule has 11 rings (SSSR count). The van der Waals surface area contributed by atoms with Gasteiger partial charge in [0.25, 0.3) is 0 Å². The maximum atomic E-state index is 13.6. The molecule has 422 valence electrons.